The fourth-order valence-electron chi connectivity index (χ4n) is 5.78. The number of carbonyl (C=O) groups excluding carboxylic acids is 1. The minimum absolute atomic E-state index is 0.111. The summed E-state index contributed by atoms with van der Waals surface area (Å²) in [6.07, 6.45) is 11.4. The van der Waals surface area contributed by atoms with E-state index in [1.165, 1.54) is 31.5 Å². The molecule has 0 saturated carbocycles. The van der Waals surface area contributed by atoms with Crippen LogP contribution in [0.25, 0.3) is 16.8 Å². The summed E-state index contributed by atoms with van der Waals surface area (Å²) in [7, 11) is 0. The van der Waals surface area contributed by atoms with E-state index in [2.05, 4.69) is 33.9 Å². The summed E-state index contributed by atoms with van der Waals surface area (Å²) in [6, 6.07) is 14.5. The lowest BCUT2D eigenvalue weighted by Crippen LogP contribution is -2.45. The maximum Gasteiger partial charge on any atom is 0.253 e. The lowest BCUT2D eigenvalue weighted by molar-refractivity contribution is 0.0644. The smallest absolute Gasteiger partial charge is 0.253 e. The van der Waals surface area contributed by atoms with Crippen LogP contribution in [0.5, 0.6) is 5.75 Å². The number of nitrogens with zero attached hydrogens (tertiary/aromatic N) is 5. The van der Waals surface area contributed by atoms with E-state index < -0.39 is 0 Å². The lowest BCUT2D eigenvalue weighted by atomic mass is 10.0. The molecule has 5 heterocycles. The zero-order chi connectivity index (χ0) is 26.8. The number of carbonyl (C=O) groups is 1. The van der Waals surface area contributed by atoms with E-state index in [-0.39, 0.29) is 5.91 Å². The van der Waals surface area contributed by atoms with Crippen LogP contribution in [0.1, 0.15) is 54.2 Å². The van der Waals surface area contributed by atoms with E-state index in [4.69, 9.17) is 10.5 Å². The number of rotatable bonds is 7. The summed E-state index contributed by atoms with van der Waals surface area (Å²) in [5.41, 5.74) is 11.6. The maximum absolute atomic E-state index is 13.2. The summed E-state index contributed by atoms with van der Waals surface area (Å²) in [4.78, 5) is 26.8. The molecule has 6 rings (SSSR count). The molecule has 0 spiro atoms. The number of amides is 1. The van der Waals surface area contributed by atoms with Gasteiger partial charge in [0.2, 0.25) is 0 Å². The van der Waals surface area contributed by atoms with Gasteiger partial charge in [0.1, 0.15) is 12.3 Å². The van der Waals surface area contributed by atoms with Crippen molar-refractivity contribution in [2.45, 2.75) is 51.7 Å². The number of imidazole rings is 1. The van der Waals surface area contributed by atoms with E-state index in [1.807, 2.05) is 52.0 Å². The Morgan fingerprint density at radius 2 is 1.79 bits per heavy atom. The molecule has 1 aromatic carbocycles. The zero-order valence-corrected chi connectivity index (χ0v) is 22.6. The average Bonchev–Trinajstić information content (AvgIpc) is 3.66. The second-order valence-electron chi connectivity index (χ2n) is 10.6. The van der Waals surface area contributed by atoms with Crippen molar-refractivity contribution in [2.75, 3.05) is 31.9 Å². The molecule has 3 aromatic heterocycles. The first kappa shape index (κ1) is 25.4. The molecule has 1 amide bonds. The molecule has 0 atom stereocenters. The quantitative estimate of drug-likeness (QED) is 0.373. The van der Waals surface area contributed by atoms with Gasteiger partial charge in [-0.1, -0.05) is 19.1 Å². The molecular formula is C31H36N6O2. The molecule has 0 bridgehead atoms. The van der Waals surface area contributed by atoms with E-state index in [0.29, 0.717) is 24.2 Å². The second-order valence-corrected chi connectivity index (χ2v) is 10.6. The molecule has 0 radical (unpaired) electrons. The van der Waals surface area contributed by atoms with Crippen LogP contribution in [0.15, 0.2) is 61.1 Å². The molecule has 8 heteroatoms. The van der Waals surface area contributed by atoms with Crippen molar-refractivity contribution in [1.29, 1.82) is 0 Å². The van der Waals surface area contributed by atoms with Crippen LogP contribution in [-0.2, 0) is 13.0 Å². The number of aryl methyl sites for hydroxylation is 1. The van der Waals surface area contributed by atoms with Crippen LogP contribution in [-0.4, -0.2) is 62.3 Å². The van der Waals surface area contributed by atoms with Crippen molar-refractivity contribution >= 4 is 17.4 Å². The SMILES string of the molecule is CCc1ccn2cc(COc3cc(-c4ccc(C(=O)N5CCC(N6CCCC6)CC5)cc4)cnc3N)nc2c1. The Hall–Kier alpha value is -3.91. The Labute approximate surface area is 229 Å². The number of piperidine rings is 1. The largest absolute Gasteiger partial charge is 0.483 e. The Bertz CT molecular complexity index is 1450. The Kier molecular flexibility index (Phi) is 7.20. The number of nitrogen functional groups attached to an aromatic ring is 1. The van der Waals surface area contributed by atoms with Crippen molar-refractivity contribution in [2.24, 2.45) is 0 Å². The number of aromatic nitrogens is 3. The zero-order valence-electron chi connectivity index (χ0n) is 22.6. The molecular weight excluding hydrogens is 488 g/mol. The highest BCUT2D eigenvalue weighted by Crippen LogP contribution is 2.29. The standard InChI is InChI=1S/C31H36N6O2/c1-2-22-9-14-37-20-26(34-29(37)17-22)21-39-28-18-25(19-33-30(28)32)23-5-7-24(8-6-23)31(38)36-15-10-27(11-16-36)35-12-3-4-13-35/h5-9,14,17-20,27H,2-4,10-13,15-16,21H2,1H3,(H2,32,33). The first-order valence-electron chi connectivity index (χ1n) is 14.1. The number of nitrogens with two attached hydrogens (primary N) is 1. The molecule has 8 nitrogen and oxygen atoms in total. The van der Waals surface area contributed by atoms with E-state index in [0.717, 1.165) is 60.4 Å². The number of ether oxygens (including phenoxy) is 1. The first-order chi connectivity index (χ1) is 19.1. The number of fused-ring (bicyclic) bond motifs is 1. The maximum atomic E-state index is 13.2. The molecule has 2 N–H and O–H groups in total. The average molecular weight is 525 g/mol. The minimum atomic E-state index is 0.111. The predicted molar refractivity (Wildman–Crippen MR) is 153 cm³/mol. The molecule has 39 heavy (non-hydrogen) atoms. The Morgan fingerprint density at radius 1 is 1.03 bits per heavy atom. The number of likely N-dealkylation sites (tertiary alicyclic amines) is 2. The molecule has 2 aliphatic rings. The fourth-order valence-corrected chi connectivity index (χ4v) is 5.78. The third kappa shape index (κ3) is 5.47. The summed E-state index contributed by atoms with van der Waals surface area (Å²) >= 11 is 0. The number of pyridine rings is 2. The highest BCUT2D eigenvalue weighted by Gasteiger charge is 2.28. The summed E-state index contributed by atoms with van der Waals surface area (Å²) in [6.45, 7) is 6.51. The van der Waals surface area contributed by atoms with Gasteiger partial charge in [-0.05, 0) is 86.7 Å². The van der Waals surface area contributed by atoms with E-state index in [9.17, 15) is 4.79 Å². The van der Waals surface area contributed by atoms with Crippen molar-refractivity contribution in [3.8, 4) is 16.9 Å². The highest BCUT2D eigenvalue weighted by molar-refractivity contribution is 5.94. The van der Waals surface area contributed by atoms with Crippen LogP contribution >= 0.6 is 0 Å². The molecule has 2 aliphatic heterocycles. The highest BCUT2D eigenvalue weighted by atomic mass is 16.5. The number of benzene rings is 1. The van der Waals surface area contributed by atoms with Crippen molar-refractivity contribution in [3.63, 3.8) is 0 Å². The monoisotopic (exact) mass is 524 g/mol. The number of hydrogen-bond donors (Lipinski definition) is 1. The predicted octanol–water partition coefficient (Wildman–Crippen LogP) is 4.82. The summed E-state index contributed by atoms with van der Waals surface area (Å²) in [5.74, 6) is 0.958. The molecule has 0 aliphatic carbocycles. The molecule has 2 saturated heterocycles. The van der Waals surface area contributed by atoms with Gasteiger partial charge in [0.25, 0.3) is 5.91 Å². The van der Waals surface area contributed by atoms with Gasteiger partial charge in [0, 0.05) is 48.8 Å². The van der Waals surface area contributed by atoms with Gasteiger partial charge in [-0.25, -0.2) is 9.97 Å². The van der Waals surface area contributed by atoms with Gasteiger partial charge < -0.3 is 24.7 Å². The molecule has 2 fully saturated rings. The van der Waals surface area contributed by atoms with Crippen LogP contribution in [0.2, 0.25) is 0 Å². The third-order valence-corrected chi connectivity index (χ3v) is 8.11. The van der Waals surface area contributed by atoms with Crippen molar-refractivity contribution < 1.29 is 9.53 Å². The third-order valence-electron chi connectivity index (χ3n) is 8.11. The summed E-state index contributed by atoms with van der Waals surface area (Å²) in [5, 5.41) is 0. The number of hydrogen-bond acceptors (Lipinski definition) is 6. The van der Waals surface area contributed by atoms with Crippen molar-refractivity contribution in [1.82, 2.24) is 24.2 Å². The van der Waals surface area contributed by atoms with Gasteiger partial charge in [-0.2, -0.15) is 0 Å². The van der Waals surface area contributed by atoms with Crippen LogP contribution in [0.4, 0.5) is 5.82 Å². The van der Waals surface area contributed by atoms with Gasteiger partial charge in [0.15, 0.2) is 11.6 Å². The first-order valence-corrected chi connectivity index (χ1v) is 14.1. The van der Waals surface area contributed by atoms with Gasteiger partial charge in [-0.3, -0.25) is 4.79 Å². The topological polar surface area (TPSA) is 89.0 Å². The van der Waals surface area contributed by atoms with Gasteiger partial charge in [-0.15, -0.1) is 0 Å². The molecule has 0 unspecified atom stereocenters. The summed E-state index contributed by atoms with van der Waals surface area (Å²) < 4.78 is 8.02. The van der Waals surface area contributed by atoms with E-state index >= 15 is 0 Å². The van der Waals surface area contributed by atoms with Gasteiger partial charge in [0.05, 0.1) is 5.69 Å². The Morgan fingerprint density at radius 3 is 2.54 bits per heavy atom. The normalized spacial score (nSPS) is 16.7. The Balaban J connectivity index is 1.10. The van der Waals surface area contributed by atoms with Gasteiger partial charge >= 0.3 is 0 Å². The van der Waals surface area contributed by atoms with Crippen molar-refractivity contribution in [3.05, 3.63) is 77.9 Å². The lowest BCUT2D eigenvalue weighted by Gasteiger charge is -2.36. The van der Waals surface area contributed by atoms with E-state index in [1.54, 1.807) is 6.20 Å². The second kappa shape index (κ2) is 11.1. The minimum Gasteiger partial charge on any atom is -0.483 e. The van der Waals surface area contributed by atoms with Crippen LogP contribution in [0, 0.1) is 0 Å². The van der Waals surface area contributed by atoms with Crippen LogP contribution < -0.4 is 10.5 Å². The number of anilines is 1. The fraction of sp³-hybridized carbons (Fsp3) is 0.387. The molecule has 202 valence electrons. The molecule has 4 aromatic rings. The van der Waals surface area contributed by atoms with Crippen LogP contribution in [0.3, 0.4) is 0 Å².